The van der Waals surface area contributed by atoms with Crippen molar-refractivity contribution in [3.8, 4) is 0 Å². The third-order valence-corrected chi connectivity index (χ3v) is 19.8. The predicted molar refractivity (Wildman–Crippen MR) is 470 cm³/mol. The van der Waals surface area contributed by atoms with Crippen LogP contribution >= 0.6 is 0 Å². The van der Waals surface area contributed by atoms with Gasteiger partial charge in [-0.05, 0) is 138 Å². The molecular weight excluding hydrogens is 1610 g/mol. The molecule has 0 fully saturated rings. The fraction of sp³-hybridized carbons (Fsp3) is 0.281. The summed E-state index contributed by atoms with van der Waals surface area (Å²) in [7, 11) is 0. The van der Waals surface area contributed by atoms with Crippen LogP contribution in [0.3, 0.4) is 0 Å². The monoisotopic (exact) mass is 1700 g/mol. The molecule has 31 nitrogen and oxygen atoms in total. The first-order chi connectivity index (χ1) is 59.9. The van der Waals surface area contributed by atoms with Gasteiger partial charge in [-0.2, -0.15) is 25.5 Å². The van der Waals surface area contributed by atoms with Crippen molar-refractivity contribution >= 4 is 168 Å². The third kappa shape index (κ3) is 18.9. The number of unbranched alkanes of at least 4 members (excludes halogenated alkanes) is 1. The molecule has 5 aromatic carbocycles. The minimum atomic E-state index is -1.20. The number of aromatic nitrogens is 21. The molecule has 15 heterocycles. The number of nitrogens with zero attached hydrogens (tertiary/aromatic N) is 16. The highest BCUT2D eigenvalue weighted by Crippen LogP contribution is 2.42. The summed E-state index contributed by atoms with van der Waals surface area (Å²) in [4.78, 5) is 25.4. The van der Waals surface area contributed by atoms with Gasteiger partial charge in [-0.15, -0.1) is 0 Å². The summed E-state index contributed by atoms with van der Waals surface area (Å²) in [5.74, 6) is 1.86. The Hall–Kier alpha value is -14.9. The first-order valence-corrected chi connectivity index (χ1v) is 40.4. The van der Waals surface area contributed by atoms with Crippen molar-refractivity contribution in [1.29, 1.82) is 0 Å². The Labute approximate surface area is 709 Å². The molecule has 2 unspecified atom stereocenters. The van der Waals surface area contributed by atoms with Crippen LogP contribution in [-0.4, -0.2) is 107 Å². The molecule has 0 aliphatic carbocycles. The summed E-state index contributed by atoms with van der Waals surface area (Å²) in [6, 6.07) is 35.3. The Morgan fingerprint density at radius 3 is 1.20 bits per heavy atom. The fourth-order valence-electron chi connectivity index (χ4n) is 14.0. The molecular formula is C89H89F5N26O5. The number of alkyl halides is 2. The predicted octanol–water partition coefficient (Wildman–Crippen LogP) is 23.0. The second-order valence-electron chi connectivity index (χ2n) is 34.8. The van der Waals surface area contributed by atoms with Crippen molar-refractivity contribution in [1.82, 2.24) is 107 Å². The van der Waals surface area contributed by atoms with Gasteiger partial charge < -0.3 is 49.2 Å². The zero-order chi connectivity index (χ0) is 87.6. The van der Waals surface area contributed by atoms with Crippen molar-refractivity contribution in [2.75, 3.05) is 26.6 Å². The lowest BCUT2D eigenvalue weighted by Crippen LogP contribution is -2.14. The summed E-state index contributed by atoms with van der Waals surface area (Å²) in [6.45, 7) is 26.3. The van der Waals surface area contributed by atoms with Crippen LogP contribution in [0.1, 0.15) is 150 Å². The maximum atomic E-state index is 14.7. The number of aromatic amines is 5. The maximum absolute atomic E-state index is 14.7. The molecule has 0 amide bonds. The van der Waals surface area contributed by atoms with Gasteiger partial charge in [-0.25, -0.2) is 36.9 Å². The summed E-state index contributed by atoms with van der Waals surface area (Å²) in [5.41, 5.74) is 13.8. The number of anilines is 10. The van der Waals surface area contributed by atoms with Crippen LogP contribution in [0.15, 0.2) is 181 Å². The number of H-pyrrole nitrogens is 5. The van der Waals surface area contributed by atoms with Crippen LogP contribution in [-0.2, 0) is 19.3 Å². The zero-order valence-electron chi connectivity index (χ0n) is 70.5. The summed E-state index contributed by atoms with van der Waals surface area (Å²) >= 11 is 0. The average Bonchev–Trinajstić information content (AvgIpc) is 1.68. The van der Waals surface area contributed by atoms with Gasteiger partial charge in [0.1, 0.15) is 57.4 Å². The largest absolute Gasteiger partial charge is 0.356 e. The van der Waals surface area contributed by atoms with Gasteiger partial charge in [0.25, 0.3) is 0 Å². The van der Waals surface area contributed by atoms with Gasteiger partial charge in [0, 0.05) is 107 Å². The zero-order valence-corrected chi connectivity index (χ0v) is 70.5. The number of pyridine rings is 4. The highest BCUT2D eigenvalue weighted by atomic mass is 19.1. The Bertz CT molecular complexity index is 6800. The van der Waals surface area contributed by atoms with E-state index < -0.39 is 17.8 Å². The number of hydrogen-bond acceptors (Lipinski definition) is 26. The lowest BCUT2D eigenvalue weighted by Gasteiger charge is -2.21. The van der Waals surface area contributed by atoms with Crippen molar-refractivity contribution in [3.63, 3.8) is 0 Å². The number of benzene rings is 5. The van der Waals surface area contributed by atoms with Crippen molar-refractivity contribution in [3.05, 3.63) is 204 Å². The van der Waals surface area contributed by atoms with Crippen molar-refractivity contribution in [2.45, 2.75) is 141 Å². The Balaban J connectivity index is 0.000000115. The lowest BCUT2D eigenvalue weighted by atomic mass is 9.87. The Kier molecular flexibility index (Phi) is 23.2. The molecule has 15 aromatic heterocycles. The second-order valence-corrected chi connectivity index (χ2v) is 34.8. The van der Waals surface area contributed by atoms with E-state index >= 15 is 0 Å². The second kappa shape index (κ2) is 34.6. The molecule has 0 radical (unpaired) electrons. The quantitative estimate of drug-likeness (QED) is 0.0357. The van der Waals surface area contributed by atoms with E-state index in [4.69, 9.17) is 22.6 Å². The van der Waals surface area contributed by atoms with Gasteiger partial charge in [0.05, 0.1) is 55.2 Å². The van der Waals surface area contributed by atoms with Gasteiger partial charge in [-0.3, -0.25) is 40.4 Å². The van der Waals surface area contributed by atoms with Crippen molar-refractivity contribution < 1.29 is 44.6 Å². The van der Waals surface area contributed by atoms with E-state index in [9.17, 15) is 22.0 Å². The average molecular weight is 1700 g/mol. The standard InChI is InChI=1S/4C18H18FN5O.C17H17FN6O/c1-18(2,3)16(19)14-11-7-6-10(9-13(11)25-24-14)21-17-15-12(22-23-17)5-4-8-20-15;1-18(2,3)9-13-15-11(19)7-10(8-14(15)25-24-13)21-17-16-12(22-23-17)5-4-6-20-16;1-18(2,3)9-13-15-12(19)7-10(8-14(15)25-24-13)21-17-11-5-4-6-20-16(11)22-23-17;1-2-3-5-13(19)16-12-8-7-11(10-15(12)25-24-16)21-18-17-14(22-23-18)6-4-9-20-17;1-17(2,3)8-11-13-10(18)6-9(7-12(13)25-24-11)21-16-14-15(22-23-16)20-5-4-19-14/h4-9,16H,1-3H3,(H2,21,22,23);4-8H,9H2,1-3H3,(H2,21,22,23);4-8H,9H2,1-3H3,(H2,20,21,22,23);4,6-10,13H,2-3,5H2,1H3,(H2,21,22,23);4-7H,8H2,1-3H3,(H2,20,21,22,23). The molecule has 20 aromatic rings. The highest BCUT2D eigenvalue weighted by Gasteiger charge is 2.32. The molecule has 640 valence electrons. The lowest BCUT2D eigenvalue weighted by molar-refractivity contribution is 0.156. The minimum Gasteiger partial charge on any atom is -0.356 e. The molecule has 0 saturated carbocycles. The molecule has 0 bridgehead atoms. The molecule has 0 aliphatic heterocycles. The van der Waals surface area contributed by atoms with Crippen LogP contribution in [0.2, 0.25) is 0 Å². The SMILES string of the molecule is CC(C)(C)C(F)c1noc2cc(Nc3n[nH]c4cccnc34)ccc12.CC(C)(C)Cc1noc2cc(Nc3[nH]nc4ncccc34)cc(F)c12.CC(C)(C)Cc1noc2cc(Nc3[nH]nc4nccnc34)cc(F)c12.CC(C)(C)Cc1noc2cc(Nc3n[nH]c4cccnc34)cc(F)c12.CCCCC(F)c1noc2cc(Nc3n[nH]c4cccnc34)ccc12. The highest BCUT2D eigenvalue weighted by molar-refractivity contribution is 5.95. The van der Waals surface area contributed by atoms with Gasteiger partial charge in [0.15, 0.2) is 68.5 Å². The van der Waals surface area contributed by atoms with E-state index in [1.807, 2.05) is 100 Å². The van der Waals surface area contributed by atoms with E-state index in [1.54, 1.807) is 67.5 Å². The molecule has 0 spiro atoms. The molecule has 36 heteroatoms. The molecule has 0 saturated heterocycles. The van der Waals surface area contributed by atoms with Gasteiger partial charge in [-0.1, -0.05) is 129 Å². The van der Waals surface area contributed by atoms with Crippen LogP contribution in [0.4, 0.5) is 79.5 Å². The molecule has 125 heavy (non-hydrogen) atoms. The van der Waals surface area contributed by atoms with E-state index in [2.05, 4.69) is 196 Å². The minimum absolute atomic E-state index is 0.00496. The third-order valence-electron chi connectivity index (χ3n) is 19.8. The number of nitrogens with one attached hydrogen (secondary N) is 10. The Morgan fingerprint density at radius 1 is 0.360 bits per heavy atom. The molecule has 2 atom stereocenters. The molecule has 10 N–H and O–H groups in total. The smallest absolute Gasteiger partial charge is 0.201 e. The van der Waals surface area contributed by atoms with Crippen LogP contribution in [0.5, 0.6) is 0 Å². The van der Waals surface area contributed by atoms with Crippen molar-refractivity contribution in [2.24, 2.45) is 21.7 Å². The maximum Gasteiger partial charge on any atom is 0.201 e. The number of rotatable bonds is 18. The van der Waals surface area contributed by atoms with Gasteiger partial charge in [0.2, 0.25) is 5.65 Å². The van der Waals surface area contributed by atoms with Crippen LogP contribution in [0, 0.1) is 39.1 Å². The first kappa shape index (κ1) is 83.8. The normalized spacial score (nSPS) is 12.5. The summed E-state index contributed by atoms with van der Waals surface area (Å²) in [6.07, 6.45) is 11.8. The summed E-state index contributed by atoms with van der Waals surface area (Å²) < 4.78 is 99.7. The van der Waals surface area contributed by atoms with E-state index in [0.717, 1.165) is 57.2 Å². The number of fused-ring (bicyclic) bond motifs is 10. The van der Waals surface area contributed by atoms with Crippen LogP contribution in [0.25, 0.3) is 110 Å². The van der Waals surface area contributed by atoms with E-state index in [-0.39, 0.29) is 33.7 Å². The number of hydrogen-bond donors (Lipinski definition) is 10. The topological polar surface area (TPSA) is 411 Å². The van der Waals surface area contributed by atoms with E-state index in [1.165, 1.54) is 18.2 Å². The molecule has 20 rings (SSSR count). The Morgan fingerprint density at radius 2 is 0.736 bits per heavy atom. The fourth-order valence-corrected chi connectivity index (χ4v) is 14.0. The van der Waals surface area contributed by atoms with Crippen LogP contribution < -0.4 is 26.6 Å². The summed E-state index contributed by atoms with van der Waals surface area (Å²) in [5, 5.41) is 74.5. The van der Waals surface area contributed by atoms with Gasteiger partial charge >= 0.3 is 0 Å². The first-order valence-electron chi connectivity index (χ1n) is 40.4. The molecule has 0 aliphatic rings. The van der Waals surface area contributed by atoms with E-state index in [0.29, 0.717) is 177 Å². The number of halogens is 5.